The molecule has 106 valence electrons. The first-order chi connectivity index (χ1) is 10.2. The third kappa shape index (κ3) is 1.40. The summed E-state index contributed by atoms with van der Waals surface area (Å²) in [5.74, 6) is 1.54. The molecule has 1 aromatic carbocycles. The van der Waals surface area contributed by atoms with Crippen LogP contribution in [0.4, 0.5) is 5.69 Å². The average molecular weight is 300 g/mol. The van der Waals surface area contributed by atoms with Crippen LogP contribution in [0.15, 0.2) is 36.4 Å². The highest BCUT2D eigenvalue weighted by Gasteiger charge is 2.67. The fourth-order valence-electron chi connectivity index (χ4n) is 4.80. The topological polar surface area (TPSA) is 37.4 Å². The van der Waals surface area contributed by atoms with Crippen LogP contribution in [0.2, 0.25) is 5.02 Å². The summed E-state index contributed by atoms with van der Waals surface area (Å²) in [4.78, 5) is 27.0. The summed E-state index contributed by atoms with van der Waals surface area (Å²) < 4.78 is 0. The Morgan fingerprint density at radius 2 is 1.43 bits per heavy atom. The molecule has 0 unspecified atom stereocenters. The van der Waals surface area contributed by atoms with Gasteiger partial charge in [0, 0.05) is 5.02 Å². The van der Waals surface area contributed by atoms with E-state index in [0.717, 1.165) is 0 Å². The van der Waals surface area contributed by atoms with Crippen LogP contribution in [0.1, 0.15) is 6.42 Å². The molecule has 6 atom stereocenters. The first kappa shape index (κ1) is 12.0. The number of amides is 2. The maximum atomic E-state index is 12.8. The van der Waals surface area contributed by atoms with Gasteiger partial charge in [-0.05, 0) is 54.4 Å². The van der Waals surface area contributed by atoms with Crippen LogP contribution in [0.3, 0.4) is 0 Å². The summed E-state index contributed by atoms with van der Waals surface area (Å²) in [6, 6.07) is 6.96. The van der Waals surface area contributed by atoms with E-state index in [1.54, 1.807) is 24.3 Å². The Balaban J connectivity index is 1.58. The van der Waals surface area contributed by atoms with E-state index >= 15 is 0 Å². The van der Waals surface area contributed by atoms with Crippen molar-refractivity contribution in [2.75, 3.05) is 4.90 Å². The first-order valence-electron chi connectivity index (χ1n) is 7.48. The summed E-state index contributed by atoms with van der Waals surface area (Å²) in [7, 11) is 0. The number of anilines is 1. The number of allylic oxidation sites excluding steroid dienone is 2. The minimum atomic E-state index is -0.132. The van der Waals surface area contributed by atoms with E-state index in [9.17, 15) is 9.59 Å². The lowest BCUT2D eigenvalue weighted by Crippen LogP contribution is -2.40. The second kappa shape index (κ2) is 3.77. The van der Waals surface area contributed by atoms with Gasteiger partial charge < -0.3 is 0 Å². The van der Waals surface area contributed by atoms with Crippen molar-refractivity contribution in [1.29, 1.82) is 0 Å². The summed E-state index contributed by atoms with van der Waals surface area (Å²) in [5.41, 5.74) is 0.650. The normalized spacial score (nSPS) is 42.2. The lowest BCUT2D eigenvalue weighted by atomic mass is 9.63. The van der Waals surface area contributed by atoms with Crippen molar-refractivity contribution in [2.24, 2.45) is 35.5 Å². The predicted molar refractivity (Wildman–Crippen MR) is 78.6 cm³/mol. The molecule has 0 N–H and O–H groups in total. The van der Waals surface area contributed by atoms with Gasteiger partial charge in [0.1, 0.15) is 0 Å². The number of carbonyl (C=O) groups is 2. The Morgan fingerprint density at radius 3 is 1.95 bits per heavy atom. The molecule has 21 heavy (non-hydrogen) atoms. The quantitative estimate of drug-likeness (QED) is 0.591. The number of hydrogen-bond donors (Lipinski definition) is 0. The van der Waals surface area contributed by atoms with E-state index < -0.39 is 0 Å². The number of carbonyl (C=O) groups excluding carboxylic acids is 2. The van der Waals surface area contributed by atoms with E-state index in [1.165, 1.54) is 11.3 Å². The van der Waals surface area contributed by atoms with Crippen molar-refractivity contribution in [3.63, 3.8) is 0 Å². The van der Waals surface area contributed by atoms with E-state index in [4.69, 9.17) is 11.6 Å². The molecule has 6 rings (SSSR count). The van der Waals surface area contributed by atoms with Crippen LogP contribution in [-0.2, 0) is 9.59 Å². The Hall–Kier alpha value is -1.61. The maximum Gasteiger partial charge on any atom is 0.238 e. The highest BCUT2D eigenvalue weighted by atomic mass is 35.5. The molecule has 0 spiro atoms. The van der Waals surface area contributed by atoms with Crippen molar-refractivity contribution in [1.82, 2.24) is 0 Å². The van der Waals surface area contributed by atoms with Crippen molar-refractivity contribution >= 4 is 29.1 Å². The van der Waals surface area contributed by atoms with Gasteiger partial charge in [-0.2, -0.15) is 0 Å². The number of hydrogen-bond acceptors (Lipinski definition) is 2. The van der Waals surface area contributed by atoms with Crippen LogP contribution >= 0.6 is 11.6 Å². The minimum Gasteiger partial charge on any atom is -0.274 e. The van der Waals surface area contributed by atoms with E-state index in [2.05, 4.69) is 12.2 Å². The van der Waals surface area contributed by atoms with Crippen LogP contribution in [0.25, 0.3) is 0 Å². The SMILES string of the molecule is O=C1[C@H]2[C@@H]3C=C[C@H]([C@@H]4C[C@H]34)[C@@H]2C(=O)N1c1ccc(Cl)cc1. The van der Waals surface area contributed by atoms with Gasteiger partial charge in [-0.15, -0.1) is 0 Å². The highest BCUT2D eigenvalue weighted by Crippen LogP contribution is 2.65. The number of nitrogens with zero attached hydrogens (tertiary/aromatic N) is 1. The lowest BCUT2D eigenvalue weighted by molar-refractivity contribution is -0.124. The zero-order valence-corrected chi connectivity index (χ0v) is 12.0. The zero-order chi connectivity index (χ0) is 14.3. The fraction of sp³-hybridized carbons (Fsp3) is 0.412. The number of rotatable bonds is 1. The zero-order valence-electron chi connectivity index (χ0n) is 11.3. The van der Waals surface area contributed by atoms with Gasteiger partial charge in [0.15, 0.2) is 0 Å². The third-order valence-electron chi connectivity index (χ3n) is 5.75. The average Bonchev–Trinajstić information content (AvgIpc) is 3.26. The van der Waals surface area contributed by atoms with E-state index in [1.807, 2.05) is 0 Å². The fourth-order valence-corrected chi connectivity index (χ4v) is 4.93. The van der Waals surface area contributed by atoms with E-state index in [-0.39, 0.29) is 35.5 Å². The van der Waals surface area contributed by atoms with Gasteiger partial charge in [-0.1, -0.05) is 23.8 Å². The Morgan fingerprint density at radius 1 is 0.905 bits per heavy atom. The molecule has 0 radical (unpaired) electrons. The predicted octanol–water partition coefficient (Wildman–Crippen LogP) is 2.90. The number of benzene rings is 1. The molecule has 1 saturated heterocycles. The molecule has 3 nitrogen and oxygen atoms in total. The van der Waals surface area contributed by atoms with Gasteiger partial charge in [-0.25, -0.2) is 0 Å². The summed E-state index contributed by atoms with van der Waals surface area (Å²) >= 11 is 5.90. The lowest BCUT2D eigenvalue weighted by Gasteiger charge is -2.37. The smallest absolute Gasteiger partial charge is 0.238 e. The second-order valence-electron chi connectivity index (χ2n) is 6.64. The molecule has 0 aromatic heterocycles. The standard InChI is InChI=1S/C17H14ClNO2/c18-8-1-3-9(4-2-8)19-16(20)14-10-5-6-11(13-7-12(10)13)15(14)17(19)21/h1-6,10-15H,7H2/t10-,11-,12-,13+,14+,15+/m1/s1. The van der Waals surface area contributed by atoms with Crippen LogP contribution in [0, 0.1) is 35.5 Å². The number of halogens is 1. The second-order valence-corrected chi connectivity index (χ2v) is 7.08. The molecular weight excluding hydrogens is 286 g/mol. The summed E-state index contributed by atoms with van der Waals surface area (Å²) in [6.45, 7) is 0. The van der Waals surface area contributed by atoms with Crippen molar-refractivity contribution in [3.05, 3.63) is 41.4 Å². The first-order valence-corrected chi connectivity index (χ1v) is 7.86. The summed E-state index contributed by atoms with van der Waals surface area (Å²) in [6.07, 6.45) is 5.57. The van der Waals surface area contributed by atoms with Crippen LogP contribution in [0.5, 0.6) is 0 Å². The van der Waals surface area contributed by atoms with Gasteiger partial charge in [0.25, 0.3) is 0 Å². The molecular formula is C17H14ClNO2. The van der Waals surface area contributed by atoms with Gasteiger partial charge >= 0.3 is 0 Å². The molecule has 4 heteroatoms. The summed E-state index contributed by atoms with van der Waals surface area (Å²) in [5, 5.41) is 0.609. The molecule has 5 aliphatic rings. The van der Waals surface area contributed by atoms with Crippen molar-refractivity contribution in [3.8, 4) is 0 Å². The monoisotopic (exact) mass is 299 g/mol. The van der Waals surface area contributed by atoms with Gasteiger partial charge in [-0.3, -0.25) is 14.5 Å². The molecule has 1 aliphatic heterocycles. The molecule has 2 saturated carbocycles. The highest BCUT2D eigenvalue weighted by molar-refractivity contribution is 6.30. The van der Waals surface area contributed by atoms with E-state index in [0.29, 0.717) is 22.5 Å². The largest absolute Gasteiger partial charge is 0.274 e. The molecule has 1 aromatic rings. The molecule has 3 fully saturated rings. The minimum absolute atomic E-state index is 0.0166. The molecule has 4 aliphatic carbocycles. The third-order valence-corrected chi connectivity index (χ3v) is 6.00. The molecule has 2 amide bonds. The van der Waals surface area contributed by atoms with Crippen LogP contribution < -0.4 is 4.90 Å². The van der Waals surface area contributed by atoms with Crippen molar-refractivity contribution < 1.29 is 9.59 Å². The Kier molecular flexibility index (Phi) is 2.15. The Bertz CT molecular complexity index is 659. The van der Waals surface area contributed by atoms with Gasteiger partial charge in [0.2, 0.25) is 11.8 Å². The van der Waals surface area contributed by atoms with Crippen molar-refractivity contribution in [2.45, 2.75) is 6.42 Å². The molecule has 1 heterocycles. The maximum absolute atomic E-state index is 12.8. The number of imide groups is 1. The molecule has 2 bridgehead atoms. The Labute approximate surface area is 127 Å². The van der Waals surface area contributed by atoms with Gasteiger partial charge in [0.05, 0.1) is 17.5 Å². The van der Waals surface area contributed by atoms with Crippen LogP contribution in [-0.4, -0.2) is 11.8 Å².